The summed E-state index contributed by atoms with van der Waals surface area (Å²) in [5, 5.41) is 13.1. The number of rotatable bonds is 4. The van der Waals surface area contributed by atoms with Gasteiger partial charge in [0.1, 0.15) is 16.6 Å². The molecule has 1 aromatic heterocycles. The molecule has 0 spiro atoms. The molecule has 0 unspecified atom stereocenters. The summed E-state index contributed by atoms with van der Waals surface area (Å²) >= 11 is 7.01. The number of halogens is 1. The summed E-state index contributed by atoms with van der Waals surface area (Å²) in [5.41, 5.74) is 1.84. The van der Waals surface area contributed by atoms with Gasteiger partial charge in [0.25, 0.3) is 0 Å². The molecular formula is C11H12ClN3OS. The normalized spacial score (nSPS) is 15.2. The Kier molecular flexibility index (Phi) is 4.37. The van der Waals surface area contributed by atoms with Gasteiger partial charge in [-0.05, 0) is 24.4 Å². The zero-order chi connectivity index (χ0) is 12.1. The van der Waals surface area contributed by atoms with Gasteiger partial charge in [-0.1, -0.05) is 23.3 Å². The average Bonchev–Trinajstić information content (AvgIpc) is 2.71. The van der Waals surface area contributed by atoms with Gasteiger partial charge in [-0.2, -0.15) is 9.64 Å². The molecule has 2 heterocycles. The molecule has 1 aromatic rings. The summed E-state index contributed by atoms with van der Waals surface area (Å²) in [4.78, 5) is 0. The van der Waals surface area contributed by atoms with Crippen molar-refractivity contribution in [2.75, 3.05) is 25.1 Å². The van der Waals surface area contributed by atoms with E-state index in [0.717, 1.165) is 31.0 Å². The maximum Gasteiger partial charge on any atom is 0.162 e. The van der Waals surface area contributed by atoms with Crippen LogP contribution < -0.4 is 5.32 Å². The van der Waals surface area contributed by atoms with Crippen LogP contribution in [0.4, 0.5) is 5.00 Å². The van der Waals surface area contributed by atoms with Gasteiger partial charge in [0.15, 0.2) is 5.15 Å². The number of hydrogen-bond donors (Lipinski definition) is 1. The van der Waals surface area contributed by atoms with E-state index in [2.05, 4.69) is 21.8 Å². The third-order valence-corrected chi connectivity index (χ3v) is 3.73. The van der Waals surface area contributed by atoms with E-state index in [-0.39, 0.29) is 5.15 Å². The summed E-state index contributed by atoms with van der Waals surface area (Å²) in [6.07, 6.45) is 4.08. The van der Waals surface area contributed by atoms with Crippen LogP contribution in [0.1, 0.15) is 18.4 Å². The first-order valence-corrected chi connectivity index (χ1v) is 6.51. The number of hydrogen-bond acceptors (Lipinski definition) is 5. The van der Waals surface area contributed by atoms with Gasteiger partial charge in [0.05, 0.1) is 13.2 Å². The molecule has 1 aliphatic rings. The van der Waals surface area contributed by atoms with Crippen LogP contribution in [0.15, 0.2) is 11.6 Å². The Labute approximate surface area is 109 Å². The molecule has 0 saturated heterocycles. The molecule has 0 fully saturated rings. The summed E-state index contributed by atoms with van der Waals surface area (Å²) in [6.45, 7) is 2.31. The largest absolute Gasteiger partial charge is 0.377 e. The smallest absolute Gasteiger partial charge is 0.162 e. The van der Waals surface area contributed by atoms with Crippen molar-refractivity contribution in [3.63, 3.8) is 0 Å². The van der Waals surface area contributed by atoms with Gasteiger partial charge in [0.2, 0.25) is 0 Å². The summed E-state index contributed by atoms with van der Waals surface area (Å²) in [6, 6.07) is 2.05. The number of nitriles is 1. The van der Waals surface area contributed by atoms with Crippen LogP contribution in [0.3, 0.4) is 0 Å². The Hall–Kier alpha value is -1.09. The highest BCUT2D eigenvalue weighted by Gasteiger charge is 2.11. The molecule has 1 N–H and O–H groups in total. The topological polar surface area (TPSA) is 57.9 Å². The van der Waals surface area contributed by atoms with Gasteiger partial charge < -0.3 is 10.1 Å². The maximum absolute atomic E-state index is 8.90. The fourth-order valence-corrected chi connectivity index (χ4v) is 2.58. The first-order valence-electron chi connectivity index (χ1n) is 5.36. The lowest BCUT2D eigenvalue weighted by Crippen LogP contribution is -2.08. The van der Waals surface area contributed by atoms with Crippen LogP contribution in [0.2, 0.25) is 5.15 Å². The van der Waals surface area contributed by atoms with Gasteiger partial charge in [0, 0.05) is 6.54 Å². The summed E-state index contributed by atoms with van der Waals surface area (Å²) < 4.78 is 9.18. The lowest BCUT2D eigenvalue weighted by molar-refractivity contribution is 0.153. The van der Waals surface area contributed by atoms with E-state index in [0.29, 0.717) is 12.2 Å². The number of aromatic nitrogens is 1. The Morgan fingerprint density at radius 1 is 1.65 bits per heavy atom. The molecule has 0 aromatic carbocycles. The number of nitrogens with one attached hydrogen (secondary N) is 1. The molecule has 0 radical (unpaired) electrons. The van der Waals surface area contributed by atoms with E-state index >= 15 is 0 Å². The fourth-order valence-electron chi connectivity index (χ4n) is 1.62. The number of ether oxygens (including phenoxy) is 1. The van der Waals surface area contributed by atoms with Crippen LogP contribution in [0.5, 0.6) is 0 Å². The second-order valence-electron chi connectivity index (χ2n) is 3.65. The standard InChI is InChI=1S/C11H12ClN3OS/c12-10-9(7-13)11(17-15-10)14-4-1-8-2-5-16-6-3-8/h2,14H,1,3-6H2. The lowest BCUT2D eigenvalue weighted by Gasteiger charge is -2.13. The molecule has 2 rings (SSSR count). The Bertz CT molecular complexity index is 464. The summed E-state index contributed by atoms with van der Waals surface area (Å²) in [7, 11) is 0. The van der Waals surface area contributed by atoms with Crippen LogP contribution in [-0.2, 0) is 4.74 Å². The van der Waals surface area contributed by atoms with Crippen LogP contribution >= 0.6 is 23.1 Å². The van der Waals surface area contributed by atoms with Gasteiger partial charge in [-0.25, -0.2) is 0 Å². The van der Waals surface area contributed by atoms with Gasteiger partial charge in [-0.3, -0.25) is 0 Å². The van der Waals surface area contributed by atoms with Crippen molar-refractivity contribution in [1.29, 1.82) is 5.26 Å². The molecule has 0 bridgehead atoms. The first-order chi connectivity index (χ1) is 8.31. The molecule has 0 atom stereocenters. The lowest BCUT2D eigenvalue weighted by atomic mass is 10.1. The zero-order valence-corrected chi connectivity index (χ0v) is 10.8. The van der Waals surface area contributed by atoms with Crippen LogP contribution in [-0.4, -0.2) is 24.1 Å². The molecule has 4 nitrogen and oxygen atoms in total. The minimum atomic E-state index is 0.283. The van der Waals surface area contributed by atoms with E-state index in [9.17, 15) is 0 Å². The maximum atomic E-state index is 8.90. The second-order valence-corrected chi connectivity index (χ2v) is 4.78. The van der Waals surface area contributed by atoms with E-state index < -0.39 is 0 Å². The Morgan fingerprint density at radius 3 is 3.24 bits per heavy atom. The Morgan fingerprint density at radius 2 is 2.53 bits per heavy atom. The van der Waals surface area contributed by atoms with E-state index in [1.54, 1.807) is 0 Å². The van der Waals surface area contributed by atoms with E-state index in [1.165, 1.54) is 17.1 Å². The third-order valence-electron chi connectivity index (χ3n) is 2.55. The van der Waals surface area contributed by atoms with Crippen molar-refractivity contribution < 1.29 is 4.74 Å². The predicted octanol–water partition coefficient (Wildman–Crippen LogP) is 2.82. The van der Waals surface area contributed by atoms with Crippen molar-refractivity contribution in [2.24, 2.45) is 0 Å². The quantitative estimate of drug-likeness (QED) is 0.854. The molecule has 0 aliphatic carbocycles. The minimum Gasteiger partial charge on any atom is -0.377 e. The average molecular weight is 270 g/mol. The van der Waals surface area contributed by atoms with Crippen molar-refractivity contribution in [1.82, 2.24) is 4.37 Å². The van der Waals surface area contributed by atoms with Crippen molar-refractivity contribution in [3.05, 3.63) is 22.4 Å². The SMILES string of the molecule is N#Cc1c(Cl)nsc1NCCC1=CCOCC1. The molecular weight excluding hydrogens is 258 g/mol. The van der Waals surface area contributed by atoms with Gasteiger partial charge >= 0.3 is 0 Å². The molecule has 1 aliphatic heterocycles. The van der Waals surface area contributed by atoms with Gasteiger partial charge in [-0.15, -0.1) is 0 Å². The highest BCUT2D eigenvalue weighted by atomic mass is 35.5. The number of anilines is 1. The molecule has 0 amide bonds. The molecule has 6 heteroatoms. The fraction of sp³-hybridized carbons (Fsp3) is 0.455. The molecule has 90 valence electrons. The Balaban J connectivity index is 1.86. The van der Waals surface area contributed by atoms with E-state index in [1.807, 2.05) is 0 Å². The monoisotopic (exact) mass is 269 g/mol. The van der Waals surface area contributed by atoms with E-state index in [4.69, 9.17) is 21.6 Å². The zero-order valence-electron chi connectivity index (χ0n) is 9.20. The van der Waals surface area contributed by atoms with Crippen LogP contribution in [0, 0.1) is 11.3 Å². The highest BCUT2D eigenvalue weighted by molar-refractivity contribution is 7.10. The first kappa shape index (κ1) is 12.4. The third kappa shape index (κ3) is 3.19. The molecule has 0 saturated carbocycles. The highest BCUT2D eigenvalue weighted by Crippen LogP contribution is 2.27. The number of nitrogens with zero attached hydrogens (tertiary/aromatic N) is 2. The van der Waals surface area contributed by atoms with Crippen molar-refractivity contribution in [3.8, 4) is 6.07 Å². The predicted molar refractivity (Wildman–Crippen MR) is 68.5 cm³/mol. The van der Waals surface area contributed by atoms with Crippen molar-refractivity contribution >= 4 is 28.1 Å². The molecule has 17 heavy (non-hydrogen) atoms. The van der Waals surface area contributed by atoms with Crippen molar-refractivity contribution in [2.45, 2.75) is 12.8 Å². The second kappa shape index (κ2) is 6.01. The van der Waals surface area contributed by atoms with Crippen LogP contribution in [0.25, 0.3) is 0 Å². The minimum absolute atomic E-state index is 0.283. The summed E-state index contributed by atoms with van der Waals surface area (Å²) in [5.74, 6) is 0.